The van der Waals surface area contributed by atoms with E-state index in [2.05, 4.69) is 16.5 Å². The van der Waals surface area contributed by atoms with Crippen LogP contribution in [0.3, 0.4) is 0 Å². The maximum absolute atomic E-state index is 12.7. The molecular weight excluding hydrogens is 408 g/mol. The number of aromatic nitrogens is 2. The average Bonchev–Trinajstić information content (AvgIpc) is 3.23. The van der Waals surface area contributed by atoms with Gasteiger partial charge in [-0.3, -0.25) is 14.5 Å². The normalized spacial score (nSPS) is 16.3. The van der Waals surface area contributed by atoms with Gasteiger partial charge in [0.05, 0.1) is 31.5 Å². The van der Waals surface area contributed by atoms with E-state index in [1.165, 1.54) is 34.6 Å². The molecule has 0 N–H and O–H groups in total. The fraction of sp³-hybridized carbons (Fsp3) is 0.300. The zero-order chi connectivity index (χ0) is 20.7. The van der Waals surface area contributed by atoms with Crippen molar-refractivity contribution in [1.29, 1.82) is 0 Å². The van der Waals surface area contributed by atoms with Crippen LogP contribution in [-0.4, -0.2) is 55.3 Å². The van der Waals surface area contributed by atoms with Gasteiger partial charge in [-0.05, 0) is 6.08 Å². The predicted molar refractivity (Wildman–Crippen MR) is 112 cm³/mol. The van der Waals surface area contributed by atoms with E-state index >= 15 is 0 Å². The Labute approximate surface area is 175 Å². The predicted octanol–water partition coefficient (Wildman–Crippen LogP) is 2.06. The number of carbonyl (C=O) groups excluding carboxylic acids is 1. The van der Waals surface area contributed by atoms with Crippen LogP contribution in [0.2, 0.25) is 0 Å². The Morgan fingerprint density at radius 2 is 2.07 bits per heavy atom. The molecule has 0 aliphatic carbocycles. The van der Waals surface area contributed by atoms with Gasteiger partial charge >= 0.3 is 0 Å². The fourth-order valence-corrected chi connectivity index (χ4v) is 4.37. The number of ether oxygens (including phenoxy) is 2. The summed E-state index contributed by atoms with van der Waals surface area (Å²) in [6.45, 7) is 6.74. The minimum Gasteiger partial charge on any atom is -0.486 e. The van der Waals surface area contributed by atoms with Gasteiger partial charge in [0, 0.05) is 24.5 Å². The summed E-state index contributed by atoms with van der Waals surface area (Å²) in [5.41, 5.74) is 0.924. The van der Waals surface area contributed by atoms with Gasteiger partial charge in [0.15, 0.2) is 28.9 Å². The van der Waals surface area contributed by atoms with Gasteiger partial charge in [-0.2, -0.15) is 0 Å². The van der Waals surface area contributed by atoms with E-state index in [0.29, 0.717) is 78.6 Å². The Bertz CT molecular complexity index is 1200. The van der Waals surface area contributed by atoms with Gasteiger partial charge in [-0.1, -0.05) is 6.58 Å². The molecule has 0 bridgehead atoms. The van der Waals surface area contributed by atoms with Crippen LogP contribution >= 0.6 is 11.3 Å². The van der Waals surface area contributed by atoms with E-state index < -0.39 is 0 Å². The van der Waals surface area contributed by atoms with Gasteiger partial charge < -0.3 is 18.8 Å². The Balaban J connectivity index is 1.61. The number of hydrogen-bond donors (Lipinski definition) is 0. The molecule has 30 heavy (non-hydrogen) atoms. The topological polar surface area (TPSA) is 98.0 Å². The molecule has 5 rings (SSSR count). The first kappa shape index (κ1) is 18.8. The second kappa shape index (κ2) is 7.54. The van der Waals surface area contributed by atoms with Gasteiger partial charge in [-0.25, -0.2) is 9.97 Å². The minimum absolute atomic E-state index is 0.112. The lowest BCUT2D eigenvalue weighted by Crippen LogP contribution is -2.37. The quantitative estimate of drug-likeness (QED) is 0.587. The third-order valence-corrected chi connectivity index (χ3v) is 5.98. The van der Waals surface area contributed by atoms with Crippen molar-refractivity contribution in [3.63, 3.8) is 0 Å². The highest BCUT2D eigenvalue weighted by Crippen LogP contribution is 2.36. The molecule has 3 aromatic rings. The first-order valence-corrected chi connectivity index (χ1v) is 10.4. The number of amides is 1. The summed E-state index contributed by atoms with van der Waals surface area (Å²) in [4.78, 5) is 37.3. The van der Waals surface area contributed by atoms with Crippen LogP contribution in [-0.2, 0) is 9.53 Å². The third-order valence-electron chi connectivity index (χ3n) is 5.00. The zero-order valence-corrected chi connectivity index (χ0v) is 16.8. The summed E-state index contributed by atoms with van der Waals surface area (Å²) in [6, 6.07) is 1.51. The standard InChI is InChI=1S/C20H18N4O5S/c1-2-15(26)24-5-8-28-14-10-21-19(22-20(14)24)12-11-30-18-13(25)9-16(29-17(12)18)23-3-6-27-7-4-23/h2,9-11H,1,3-8H2. The second-order valence-electron chi connectivity index (χ2n) is 6.78. The zero-order valence-electron chi connectivity index (χ0n) is 16.0. The highest BCUT2D eigenvalue weighted by atomic mass is 32.1. The van der Waals surface area contributed by atoms with Crippen molar-refractivity contribution in [3.8, 4) is 17.1 Å². The molecule has 0 radical (unpaired) electrons. The molecule has 2 aliphatic rings. The van der Waals surface area contributed by atoms with Crippen molar-refractivity contribution in [3.05, 3.63) is 40.5 Å². The van der Waals surface area contributed by atoms with Gasteiger partial charge in [-0.15, -0.1) is 11.3 Å². The average molecular weight is 426 g/mol. The minimum atomic E-state index is -0.263. The summed E-state index contributed by atoms with van der Waals surface area (Å²) in [5.74, 6) is 1.40. The van der Waals surface area contributed by atoms with Crippen molar-refractivity contribution < 1.29 is 18.7 Å². The maximum atomic E-state index is 12.7. The molecule has 10 heteroatoms. The molecule has 1 amide bonds. The monoisotopic (exact) mass is 426 g/mol. The molecule has 0 aromatic carbocycles. The number of anilines is 2. The Morgan fingerprint density at radius 3 is 2.87 bits per heavy atom. The van der Waals surface area contributed by atoms with E-state index in [-0.39, 0.29) is 11.3 Å². The maximum Gasteiger partial charge on any atom is 0.251 e. The smallest absolute Gasteiger partial charge is 0.251 e. The van der Waals surface area contributed by atoms with E-state index in [1.807, 2.05) is 4.90 Å². The number of nitrogens with zero attached hydrogens (tertiary/aromatic N) is 4. The molecule has 0 unspecified atom stereocenters. The Hall–Kier alpha value is -3.24. The molecule has 2 aliphatic heterocycles. The number of hydrogen-bond acceptors (Lipinski definition) is 9. The molecule has 0 atom stereocenters. The fourth-order valence-electron chi connectivity index (χ4n) is 3.49. The molecule has 5 heterocycles. The first-order valence-electron chi connectivity index (χ1n) is 9.48. The number of carbonyl (C=O) groups is 1. The van der Waals surface area contributed by atoms with E-state index in [1.54, 1.807) is 5.38 Å². The number of rotatable bonds is 3. The van der Waals surface area contributed by atoms with Crippen molar-refractivity contribution in [2.24, 2.45) is 0 Å². The lowest BCUT2D eigenvalue weighted by molar-refractivity contribution is -0.114. The van der Waals surface area contributed by atoms with E-state index in [9.17, 15) is 9.59 Å². The summed E-state index contributed by atoms with van der Waals surface area (Å²) < 4.78 is 17.6. The molecule has 0 spiro atoms. The van der Waals surface area contributed by atoms with Crippen molar-refractivity contribution in [2.45, 2.75) is 0 Å². The van der Waals surface area contributed by atoms with Crippen LogP contribution in [0, 0.1) is 0 Å². The lowest BCUT2D eigenvalue weighted by atomic mass is 10.2. The summed E-state index contributed by atoms with van der Waals surface area (Å²) >= 11 is 1.28. The van der Waals surface area contributed by atoms with Gasteiger partial charge in [0.2, 0.25) is 5.43 Å². The number of morpholine rings is 1. The summed E-state index contributed by atoms with van der Waals surface area (Å²) in [7, 11) is 0. The van der Waals surface area contributed by atoms with Gasteiger partial charge in [0.25, 0.3) is 5.91 Å². The second-order valence-corrected chi connectivity index (χ2v) is 7.66. The lowest BCUT2D eigenvalue weighted by Gasteiger charge is -2.27. The van der Waals surface area contributed by atoms with Crippen LogP contribution in [0.25, 0.3) is 21.7 Å². The van der Waals surface area contributed by atoms with Crippen molar-refractivity contribution in [1.82, 2.24) is 9.97 Å². The molecule has 1 saturated heterocycles. The first-order chi connectivity index (χ1) is 14.7. The largest absolute Gasteiger partial charge is 0.486 e. The van der Waals surface area contributed by atoms with E-state index in [0.717, 1.165) is 0 Å². The van der Waals surface area contributed by atoms with Crippen LogP contribution in [0.4, 0.5) is 11.7 Å². The van der Waals surface area contributed by atoms with E-state index in [4.69, 9.17) is 13.9 Å². The SMILES string of the molecule is C=CC(=O)N1CCOc2cnc(-c3csc4c(=O)cc(N5CCOCC5)oc34)nc21. The van der Waals surface area contributed by atoms with Gasteiger partial charge in [0.1, 0.15) is 11.3 Å². The molecular formula is C20H18N4O5S. The molecule has 1 fully saturated rings. The molecule has 9 nitrogen and oxygen atoms in total. The highest BCUT2D eigenvalue weighted by molar-refractivity contribution is 7.17. The summed E-state index contributed by atoms with van der Waals surface area (Å²) in [6.07, 6.45) is 2.78. The Kier molecular flexibility index (Phi) is 4.72. The number of thiophene rings is 1. The number of fused-ring (bicyclic) bond motifs is 2. The molecule has 0 saturated carbocycles. The van der Waals surface area contributed by atoms with Crippen molar-refractivity contribution >= 4 is 39.2 Å². The highest BCUT2D eigenvalue weighted by Gasteiger charge is 2.26. The van der Waals surface area contributed by atoms with Crippen LogP contribution < -0.4 is 20.0 Å². The Morgan fingerprint density at radius 1 is 1.23 bits per heavy atom. The molecule has 3 aromatic heterocycles. The van der Waals surface area contributed by atoms with Crippen LogP contribution in [0.15, 0.2) is 39.5 Å². The van der Waals surface area contributed by atoms with Crippen LogP contribution in [0.1, 0.15) is 0 Å². The van der Waals surface area contributed by atoms with Crippen molar-refractivity contribution in [2.75, 3.05) is 49.3 Å². The summed E-state index contributed by atoms with van der Waals surface area (Å²) in [5, 5.41) is 1.80. The third kappa shape index (κ3) is 3.14. The molecule has 154 valence electrons. The van der Waals surface area contributed by atoms with Crippen LogP contribution in [0.5, 0.6) is 5.75 Å².